The smallest absolute Gasteiger partial charge is 0.205 e. The Balaban J connectivity index is 1.76. The molecule has 35 heavy (non-hydrogen) atoms. The third-order valence-corrected chi connectivity index (χ3v) is 6.83. The lowest BCUT2D eigenvalue weighted by Gasteiger charge is -2.27. The fourth-order valence-electron chi connectivity index (χ4n) is 4.31. The predicted molar refractivity (Wildman–Crippen MR) is 140 cm³/mol. The minimum atomic E-state index is -0.237. The van der Waals surface area contributed by atoms with Gasteiger partial charge in [0.2, 0.25) is 5.75 Å². The van der Waals surface area contributed by atoms with E-state index in [0.29, 0.717) is 35.5 Å². The maximum Gasteiger partial charge on any atom is 0.205 e. The van der Waals surface area contributed by atoms with Crippen molar-refractivity contribution in [2.75, 3.05) is 53.2 Å². The Kier molecular flexibility index (Phi) is 10.3. The van der Waals surface area contributed by atoms with Crippen LogP contribution in [0.25, 0.3) is 5.57 Å². The van der Waals surface area contributed by atoms with Crippen LogP contribution in [0.15, 0.2) is 30.8 Å². The first-order valence-electron chi connectivity index (χ1n) is 12.2. The molecule has 0 spiro atoms. The molecule has 0 aromatic heterocycles. The first kappa shape index (κ1) is 27.3. The van der Waals surface area contributed by atoms with E-state index in [4.69, 9.17) is 30.5 Å². The average Bonchev–Trinajstić information content (AvgIpc) is 2.85. The molecule has 5 nitrogen and oxygen atoms in total. The van der Waals surface area contributed by atoms with Gasteiger partial charge < -0.3 is 18.9 Å². The van der Waals surface area contributed by atoms with Crippen molar-refractivity contribution in [1.82, 2.24) is 4.90 Å². The highest BCUT2D eigenvalue weighted by Gasteiger charge is 2.25. The Morgan fingerprint density at radius 3 is 2.40 bits per heavy atom. The molecule has 192 valence electrons. The Hall–Kier alpha value is -2.28. The Morgan fingerprint density at radius 2 is 1.77 bits per heavy atom. The van der Waals surface area contributed by atoms with Gasteiger partial charge in [-0.25, -0.2) is 4.39 Å². The molecule has 0 saturated carbocycles. The highest BCUT2D eigenvalue weighted by molar-refractivity contribution is 6.33. The fourth-order valence-corrected chi connectivity index (χ4v) is 4.57. The first-order valence-corrected chi connectivity index (χ1v) is 12.6. The van der Waals surface area contributed by atoms with Crippen LogP contribution in [0.1, 0.15) is 49.3 Å². The largest absolute Gasteiger partial charge is 0.491 e. The molecule has 0 bridgehead atoms. The number of nitrogens with zero attached hydrogens (tertiary/aromatic N) is 1. The minimum absolute atomic E-state index is 0.195. The van der Waals surface area contributed by atoms with Gasteiger partial charge in [0.25, 0.3) is 0 Å². The second-order valence-electron chi connectivity index (χ2n) is 9.03. The Morgan fingerprint density at radius 1 is 1.11 bits per heavy atom. The van der Waals surface area contributed by atoms with E-state index >= 15 is 0 Å². The van der Waals surface area contributed by atoms with E-state index in [1.165, 1.54) is 12.1 Å². The van der Waals surface area contributed by atoms with E-state index in [-0.39, 0.29) is 11.7 Å². The number of methoxy groups -OCH3 is 1. The van der Waals surface area contributed by atoms with Crippen molar-refractivity contribution in [3.63, 3.8) is 0 Å². The summed E-state index contributed by atoms with van der Waals surface area (Å²) in [6, 6.07) is 6.59. The molecular weight excluding hydrogens is 469 g/mol. The molecule has 0 aliphatic carbocycles. The van der Waals surface area contributed by atoms with Crippen molar-refractivity contribution in [3.8, 4) is 17.2 Å². The summed E-state index contributed by atoms with van der Waals surface area (Å²) in [6.07, 6.45) is 1.61. The van der Waals surface area contributed by atoms with Crippen molar-refractivity contribution in [3.05, 3.63) is 58.4 Å². The normalized spacial score (nSPS) is 15.0. The maximum absolute atomic E-state index is 13.3. The first-order chi connectivity index (χ1) is 16.8. The highest BCUT2D eigenvalue weighted by Crippen LogP contribution is 2.49. The van der Waals surface area contributed by atoms with Crippen LogP contribution < -0.4 is 14.2 Å². The molecule has 7 heteroatoms. The van der Waals surface area contributed by atoms with Crippen LogP contribution in [0.5, 0.6) is 17.2 Å². The summed E-state index contributed by atoms with van der Waals surface area (Å²) in [7, 11) is 1.58. The molecule has 1 fully saturated rings. The summed E-state index contributed by atoms with van der Waals surface area (Å²) in [5.41, 5.74) is 3.61. The van der Waals surface area contributed by atoms with Gasteiger partial charge in [-0.3, -0.25) is 4.90 Å². The molecule has 0 N–H and O–H groups in total. The second-order valence-corrected chi connectivity index (χ2v) is 9.41. The second kappa shape index (κ2) is 13.1. The van der Waals surface area contributed by atoms with Gasteiger partial charge in [-0.1, -0.05) is 37.2 Å². The van der Waals surface area contributed by atoms with Crippen LogP contribution in [0.3, 0.4) is 0 Å². The number of halogens is 2. The molecule has 0 radical (unpaired) electrons. The summed E-state index contributed by atoms with van der Waals surface area (Å²) in [5.74, 6) is 1.54. The van der Waals surface area contributed by atoms with Crippen LogP contribution in [-0.4, -0.2) is 58.1 Å². The Bertz CT molecular complexity index is 990. The third kappa shape index (κ3) is 7.12. The molecule has 1 aliphatic rings. The van der Waals surface area contributed by atoms with Gasteiger partial charge in [0, 0.05) is 25.2 Å². The number of benzene rings is 2. The van der Waals surface area contributed by atoms with Crippen LogP contribution in [-0.2, 0) is 4.74 Å². The lowest BCUT2D eigenvalue weighted by atomic mass is 9.98. The van der Waals surface area contributed by atoms with Crippen LogP contribution in [0.4, 0.5) is 4.39 Å². The fraction of sp³-hybridized carbons (Fsp3) is 0.500. The zero-order chi connectivity index (χ0) is 25.4. The quantitative estimate of drug-likeness (QED) is 0.308. The van der Waals surface area contributed by atoms with Gasteiger partial charge in [0.1, 0.15) is 5.82 Å². The van der Waals surface area contributed by atoms with Crippen molar-refractivity contribution in [1.29, 1.82) is 0 Å². The van der Waals surface area contributed by atoms with Crippen molar-refractivity contribution in [2.24, 2.45) is 0 Å². The number of ether oxygens (including phenoxy) is 4. The topological polar surface area (TPSA) is 40.2 Å². The van der Waals surface area contributed by atoms with E-state index < -0.39 is 0 Å². The molecule has 0 amide bonds. The number of hydrogen-bond acceptors (Lipinski definition) is 5. The minimum Gasteiger partial charge on any atom is -0.491 e. The van der Waals surface area contributed by atoms with Crippen LogP contribution >= 0.6 is 11.6 Å². The van der Waals surface area contributed by atoms with E-state index in [9.17, 15) is 4.39 Å². The van der Waals surface area contributed by atoms with Crippen molar-refractivity contribution in [2.45, 2.75) is 39.5 Å². The number of allylic oxidation sites excluding steroid dienone is 1. The van der Waals surface area contributed by atoms with Crippen molar-refractivity contribution >= 4 is 17.2 Å². The van der Waals surface area contributed by atoms with Crippen LogP contribution in [0, 0.1) is 12.7 Å². The lowest BCUT2D eigenvalue weighted by Crippen LogP contribution is -2.37. The zero-order valence-electron chi connectivity index (χ0n) is 21.3. The molecule has 1 unspecified atom stereocenters. The highest BCUT2D eigenvalue weighted by atomic mass is 35.5. The third-order valence-electron chi connectivity index (χ3n) is 6.38. The molecular formula is C28H37ClFNO4. The zero-order valence-corrected chi connectivity index (χ0v) is 22.0. The Labute approximate surface area is 213 Å². The van der Waals surface area contributed by atoms with E-state index in [1.54, 1.807) is 7.11 Å². The number of morpholine rings is 1. The van der Waals surface area contributed by atoms with Gasteiger partial charge >= 0.3 is 0 Å². The van der Waals surface area contributed by atoms with E-state index in [0.717, 1.165) is 68.0 Å². The summed E-state index contributed by atoms with van der Waals surface area (Å²) >= 11 is 6.68. The average molecular weight is 506 g/mol. The standard InChI is InChI=1S/C28H37ClFNO4/c1-19(2)24-21(4)25(29)27(32-5)28(26(24)34-15-6-12-31-13-17-33-18-14-31)35-16-11-20(3)22-7-9-23(30)10-8-22/h7-10,20H,1,6,11-18H2,2-5H3. The molecule has 1 saturated heterocycles. The van der Waals surface area contributed by atoms with Gasteiger partial charge in [0.15, 0.2) is 11.5 Å². The van der Waals surface area contributed by atoms with Gasteiger partial charge in [-0.15, -0.1) is 0 Å². The maximum atomic E-state index is 13.3. The molecule has 1 aliphatic heterocycles. The molecule has 2 aromatic rings. The summed E-state index contributed by atoms with van der Waals surface area (Å²) in [4.78, 5) is 2.38. The van der Waals surface area contributed by atoms with Gasteiger partial charge in [-0.2, -0.15) is 0 Å². The van der Waals surface area contributed by atoms with Crippen LogP contribution in [0.2, 0.25) is 5.02 Å². The van der Waals surface area contributed by atoms with Gasteiger partial charge in [0.05, 0.1) is 38.6 Å². The molecule has 1 heterocycles. The molecule has 2 aromatic carbocycles. The van der Waals surface area contributed by atoms with Gasteiger partial charge in [-0.05, 0) is 61.4 Å². The van der Waals surface area contributed by atoms with Crippen molar-refractivity contribution < 1.29 is 23.3 Å². The molecule has 3 rings (SSSR count). The predicted octanol–water partition coefficient (Wildman–Crippen LogP) is 6.50. The molecule has 1 atom stereocenters. The van der Waals surface area contributed by atoms with E-state index in [2.05, 4.69) is 18.4 Å². The summed E-state index contributed by atoms with van der Waals surface area (Å²) in [6.45, 7) is 15.5. The summed E-state index contributed by atoms with van der Waals surface area (Å²) in [5, 5.41) is 0.493. The van der Waals surface area contributed by atoms with E-state index in [1.807, 2.05) is 26.0 Å². The lowest BCUT2D eigenvalue weighted by molar-refractivity contribution is 0.0357. The monoisotopic (exact) mass is 505 g/mol. The SMILES string of the molecule is C=C(C)c1c(C)c(Cl)c(OC)c(OCCC(C)c2ccc(F)cc2)c1OCCCN1CCOCC1. The number of hydrogen-bond donors (Lipinski definition) is 0. The summed E-state index contributed by atoms with van der Waals surface area (Å²) < 4.78 is 37.0. The number of rotatable bonds is 12.